The van der Waals surface area contributed by atoms with Crippen LogP contribution in [0.5, 0.6) is 17.2 Å². The summed E-state index contributed by atoms with van der Waals surface area (Å²) in [6.45, 7) is 4.66. The van der Waals surface area contributed by atoms with Crippen molar-refractivity contribution in [3.8, 4) is 28.5 Å². The van der Waals surface area contributed by atoms with Crippen LogP contribution < -0.4 is 25.7 Å². The molecular formula is C25H29N5O3. The predicted octanol–water partition coefficient (Wildman–Crippen LogP) is 4.20. The lowest BCUT2D eigenvalue weighted by Gasteiger charge is -2.18. The van der Waals surface area contributed by atoms with Crippen molar-refractivity contribution in [2.45, 2.75) is 26.3 Å². The number of fused-ring (bicyclic) bond motifs is 3. The number of anilines is 1. The summed E-state index contributed by atoms with van der Waals surface area (Å²) in [6.07, 6.45) is 6.14. The summed E-state index contributed by atoms with van der Waals surface area (Å²) in [4.78, 5) is 13.5. The van der Waals surface area contributed by atoms with E-state index in [-0.39, 0.29) is 6.04 Å². The largest absolute Gasteiger partial charge is 0.493 e. The number of ether oxygens (including phenoxy) is 3. The van der Waals surface area contributed by atoms with E-state index in [1.807, 2.05) is 24.3 Å². The zero-order valence-corrected chi connectivity index (χ0v) is 19.3. The van der Waals surface area contributed by atoms with E-state index in [9.17, 15) is 0 Å². The number of nitrogens with two attached hydrogens (primary N) is 2. The summed E-state index contributed by atoms with van der Waals surface area (Å²) < 4.78 is 16.8. The van der Waals surface area contributed by atoms with Gasteiger partial charge < -0.3 is 25.7 Å². The molecule has 0 bridgehead atoms. The molecule has 2 atom stereocenters. The van der Waals surface area contributed by atoms with Gasteiger partial charge in [0.15, 0.2) is 11.5 Å². The molecule has 0 aliphatic rings. The van der Waals surface area contributed by atoms with E-state index in [0.717, 1.165) is 33.7 Å². The second-order valence-corrected chi connectivity index (χ2v) is 8.11. The van der Waals surface area contributed by atoms with Crippen molar-refractivity contribution in [3.05, 3.63) is 42.9 Å². The molecule has 8 heteroatoms. The van der Waals surface area contributed by atoms with E-state index in [0.29, 0.717) is 41.3 Å². The standard InChI is InChI=1S/C25H29N5O3/c1-5-14(2)20(26)13-33-16-6-15(10-28-11-16)21-7-17-18-8-23(31-3)24(32-4)9-22(18)29-12-19(17)25(27)30-21/h6-12,14,20H,5,13,26H2,1-4H3,(H2,27,30)/t14-,20+/m0/s1. The van der Waals surface area contributed by atoms with E-state index >= 15 is 0 Å². The van der Waals surface area contributed by atoms with Crippen LogP contribution in [0.2, 0.25) is 0 Å². The number of rotatable bonds is 8. The molecule has 0 amide bonds. The smallest absolute Gasteiger partial charge is 0.162 e. The molecule has 1 aromatic carbocycles. The van der Waals surface area contributed by atoms with E-state index in [4.69, 9.17) is 25.7 Å². The molecule has 3 aromatic heterocycles. The Morgan fingerprint density at radius 1 is 0.939 bits per heavy atom. The van der Waals surface area contributed by atoms with Gasteiger partial charge >= 0.3 is 0 Å². The molecule has 0 spiro atoms. The number of hydrogen-bond acceptors (Lipinski definition) is 8. The summed E-state index contributed by atoms with van der Waals surface area (Å²) in [5.41, 5.74) is 14.8. The topological polar surface area (TPSA) is 118 Å². The third kappa shape index (κ3) is 4.47. The zero-order valence-electron chi connectivity index (χ0n) is 19.3. The Kier molecular flexibility index (Phi) is 6.46. The van der Waals surface area contributed by atoms with Gasteiger partial charge in [-0.3, -0.25) is 9.97 Å². The molecular weight excluding hydrogens is 418 g/mol. The lowest BCUT2D eigenvalue weighted by Crippen LogP contribution is -2.34. The number of pyridine rings is 3. The highest BCUT2D eigenvalue weighted by atomic mass is 16.5. The first-order valence-electron chi connectivity index (χ1n) is 10.9. The van der Waals surface area contributed by atoms with Crippen molar-refractivity contribution in [2.24, 2.45) is 11.7 Å². The van der Waals surface area contributed by atoms with Gasteiger partial charge in [-0.05, 0) is 29.5 Å². The lowest BCUT2D eigenvalue weighted by atomic mass is 10.0. The van der Waals surface area contributed by atoms with Crippen molar-refractivity contribution < 1.29 is 14.2 Å². The van der Waals surface area contributed by atoms with Crippen LogP contribution in [0.15, 0.2) is 42.9 Å². The Bertz CT molecular complexity index is 1290. The van der Waals surface area contributed by atoms with Crippen molar-refractivity contribution >= 4 is 27.5 Å². The molecule has 172 valence electrons. The Hall–Kier alpha value is -3.65. The molecule has 4 rings (SSSR count). The normalized spacial score (nSPS) is 13.1. The first kappa shape index (κ1) is 22.5. The van der Waals surface area contributed by atoms with Gasteiger partial charge in [-0.15, -0.1) is 0 Å². The fourth-order valence-electron chi connectivity index (χ4n) is 3.70. The highest BCUT2D eigenvalue weighted by molar-refractivity contribution is 6.10. The first-order chi connectivity index (χ1) is 15.9. The SMILES string of the molecule is CC[C@H](C)[C@H](N)COc1cncc(-c2cc3c(cnc4cc(OC)c(OC)cc43)c(N)n2)c1. The number of hydrogen-bond donors (Lipinski definition) is 2. The summed E-state index contributed by atoms with van der Waals surface area (Å²) in [6, 6.07) is 7.59. The fourth-order valence-corrected chi connectivity index (χ4v) is 3.70. The minimum atomic E-state index is -0.0427. The average molecular weight is 448 g/mol. The zero-order chi connectivity index (χ0) is 23.5. The second kappa shape index (κ2) is 9.46. The minimum absolute atomic E-state index is 0.0427. The van der Waals surface area contributed by atoms with E-state index in [1.165, 1.54) is 0 Å². The van der Waals surface area contributed by atoms with Gasteiger partial charge in [0.2, 0.25) is 0 Å². The van der Waals surface area contributed by atoms with Crippen LogP contribution in [0.1, 0.15) is 20.3 Å². The number of benzene rings is 1. The average Bonchev–Trinajstić information content (AvgIpc) is 2.85. The van der Waals surface area contributed by atoms with Crippen LogP contribution in [0.3, 0.4) is 0 Å². The third-order valence-corrected chi connectivity index (χ3v) is 6.04. The molecule has 0 radical (unpaired) electrons. The van der Waals surface area contributed by atoms with Crippen LogP contribution in [-0.2, 0) is 0 Å². The van der Waals surface area contributed by atoms with Gasteiger partial charge in [-0.25, -0.2) is 4.98 Å². The van der Waals surface area contributed by atoms with Gasteiger partial charge in [0.1, 0.15) is 18.2 Å². The van der Waals surface area contributed by atoms with E-state index in [2.05, 4.69) is 28.8 Å². The summed E-state index contributed by atoms with van der Waals surface area (Å²) in [7, 11) is 3.20. The first-order valence-corrected chi connectivity index (χ1v) is 10.9. The summed E-state index contributed by atoms with van der Waals surface area (Å²) >= 11 is 0. The maximum Gasteiger partial charge on any atom is 0.162 e. The molecule has 3 heterocycles. The Morgan fingerprint density at radius 3 is 2.42 bits per heavy atom. The Balaban J connectivity index is 1.76. The number of aromatic nitrogens is 3. The van der Waals surface area contributed by atoms with Gasteiger partial charge in [-0.2, -0.15) is 0 Å². The quantitative estimate of drug-likeness (QED) is 0.386. The number of nitrogens with zero attached hydrogens (tertiary/aromatic N) is 3. The van der Waals surface area contributed by atoms with Crippen molar-refractivity contribution in [2.75, 3.05) is 26.6 Å². The third-order valence-electron chi connectivity index (χ3n) is 6.04. The van der Waals surface area contributed by atoms with E-state index < -0.39 is 0 Å². The maximum absolute atomic E-state index is 6.32. The highest BCUT2D eigenvalue weighted by Gasteiger charge is 2.15. The molecule has 0 saturated heterocycles. The summed E-state index contributed by atoms with van der Waals surface area (Å²) in [5.74, 6) is 2.63. The van der Waals surface area contributed by atoms with Crippen LogP contribution in [0, 0.1) is 5.92 Å². The molecule has 0 aliphatic heterocycles. The number of methoxy groups -OCH3 is 2. The molecule has 33 heavy (non-hydrogen) atoms. The van der Waals surface area contributed by atoms with Crippen LogP contribution >= 0.6 is 0 Å². The predicted molar refractivity (Wildman–Crippen MR) is 131 cm³/mol. The second-order valence-electron chi connectivity index (χ2n) is 8.11. The van der Waals surface area contributed by atoms with Crippen molar-refractivity contribution in [1.82, 2.24) is 15.0 Å². The molecule has 0 aliphatic carbocycles. The fraction of sp³-hybridized carbons (Fsp3) is 0.320. The van der Waals surface area contributed by atoms with Gasteiger partial charge in [0, 0.05) is 40.8 Å². The minimum Gasteiger partial charge on any atom is -0.493 e. The van der Waals surface area contributed by atoms with Crippen LogP contribution in [0.4, 0.5) is 5.82 Å². The molecule has 8 nitrogen and oxygen atoms in total. The molecule has 4 N–H and O–H groups in total. The molecule has 0 fully saturated rings. The monoisotopic (exact) mass is 447 g/mol. The highest BCUT2D eigenvalue weighted by Crippen LogP contribution is 2.37. The van der Waals surface area contributed by atoms with Crippen molar-refractivity contribution in [3.63, 3.8) is 0 Å². The maximum atomic E-state index is 6.32. The molecule has 0 unspecified atom stereocenters. The van der Waals surface area contributed by atoms with Crippen LogP contribution in [-0.4, -0.2) is 41.8 Å². The van der Waals surface area contributed by atoms with Crippen molar-refractivity contribution in [1.29, 1.82) is 0 Å². The Labute approximate surface area is 192 Å². The van der Waals surface area contributed by atoms with Crippen LogP contribution in [0.25, 0.3) is 32.9 Å². The molecule has 4 aromatic rings. The van der Waals surface area contributed by atoms with Gasteiger partial charge in [0.05, 0.1) is 31.6 Å². The van der Waals surface area contributed by atoms with Gasteiger partial charge in [-0.1, -0.05) is 20.3 Å². The van der Waals surface area contributed by atoms with E-state index in [1.54, 1.807) is 32.8 Å². The summed E-state index contributed by atoms with van der Waals surface area (Å²) in [5, 5.41) is 2.56. The lowest BCUT2D eigenvalue weighted by molar-refractivity contribution is 0.249. The van der Waals surface area contributed by atoms with Gasteiger partial charge in [0.25, 0.3) is 0 Å². The Morgan fingerprint density at radius 2 is 1.70 bits per heavy atom. The molecule has 0 saturated carbocycles. The number of nitrogen functional groups attached to an aromatic ring is 1.